The van der Waals surface area contributed by atoms with E-state index in [0.29, 0.717) is 0 Å². The molecule has 3 heteroatoms. The zero-order valence-corrected chi connectivity index (χ0v) is 10.1. The Morgan fingerprint density at radius 2 is 1.93 bits per heavy atom. The average molecular weight is 214 g/mol. The van der Waals surface area contributed by atoms with E-state index in [1.165, 1.54) is 38.9 Å². The molecule has 90 valence electrons. The third-order valence-corrected chi connectivity index (χ3v) is 2.80. The predicted octanol–water partition coefficient (Wildman–Crippen LogP) is 1.49. The van der Waals surface area contributed by atoms with Crippen molar-refractivity contribution in [1.82, 2.24) is 10.2 Å². The summed E-state index contributed by atoms with van der Waals surface area (Å²) in [6, 6.07) is 0. The highest BCUT2D eigenvalue weighted by Gasteiger charge is 2.09. The van der Waals surface area contributed by atoms with E-state index < -0.39 is 0 Å². The highest BCUT2D eigenvalue weighted by molar-refractivity contribution is 4.66. The molecule has 0 aromatic carbocycles. The van der Waals surface area contributed by atoms with Gasteiger partial charge in [0, 0.05) is 13.2 Å². The van der Waals surface area contributed by atoms with Crippen LogP contribution in [0.4, 0.5) is 0 Å². The van der Waals surface area contributed by atoms with Crippen LogP contribution in [0.1, 0.15) is 32.6 Å². The SMILES string of the molecule is CCCOCCNCCCN1CCCC1. The van der Waals surface area contributed by atoms with E-state index in [1.807, 2.05) is 0 Å². The summed E-state index contributed by atoms with van der Waals surface area (Å²) in [5.41, 5.74) is 0. The first-order chi connectivity index (χ1) is 7.43. The number of hydrogen-bond acceptors (Lipinski definition) is 3. The molecule has 0 spiro atoms. The van der Waals surface area contributed by atoms with Crippen molar-refractivity contribution in [3.63, 3.8) is 0 Å². The molecule has 1 aliphatic heterocycles. The van der Waals surface area contributed by atoms with Gasteiger partial charge in [-0.1, -0.05) is 6.92 Å². The maximum Gasteiger partial charge on any atom is 0.0590 e. The first-order valence-electron chi connectivity index (χ1n) is 6.44. The normalized spacial score (nSPS) is 17.4. The second kappa shape index (κ2) is 9.13. The molecule has 15 heavy (non-hydrogen) atoms. The molecule has 1 rings (SSSR count). The highest BCUT2D eigenvalue weighted by Crippen LogP contribution is 2.06. The summed E-state index contributed by atoms with van der Waals surface area (Å²) < 4.78 is 5.39. The van der Waals surface area contributed by atoms with Crippen LogP contribution < -0.4 is 5.32 Å². The van der Waals surface area contributed by atoms with E-state index in [0.717, 1.165) is 32.7 Å². The Bertz CT molecular complexity index is 136. The van der Waals surface area contributed by atoms with E-state index >= 15 is 0 Å². The molecular weight excluding hydrogens is 188 g/mol. The fourth-order valence-electron chi connectivity index (χ4n) is 1.95. The Labute approximate surface area is 94.2 Å². The summed E-state index contributed by atoms with van der Waals surface area (Å²) >= 11 is 0. The third kappa shape index (κ3) is 6.88. The largest absolute Gasteiger partial charge is 0.380 e. The minimum atomic E-state index is 0.859. The van der Waals surface area contributed by atoms with Crippen molar-refractivity contribution in [2.45, 2.75) is 32.6 Å². The molecule has 0 aromatic rings. The summed E-state index contributed by atoms with van der Waals surface area (Å²) in [5, 5.41) is 3.42. The van der Waals surface area contributed by atoms with Gasteiger partial charge in [0.2, 0.25) is 0 Å². The Morgan fingerprint density at radius 3 is 2.67 bits per heavy atom. The van der Waals surface area contributed by atoms with E-state index in [-0.39, 0.29) is 0 Å². The van der Waals surface area contributed by atoms with Crippen molar-refractivity contribution >= 4 is 0 Å². The quantitative estimate of drug-likeness (QED) is 0.589. The average Bonchev–Trinajstić information content (AvgIpc) is 2.75. The molecule has 0 amide bonds. The van der Waals surface area contributed by atoms with E-state index in [2.05, 4.69) is 17.1 Å². The van der Waals surface area contributed by atoms with Crippen molar-refractivity contribution in [2.24, 2.45) is 0 Å². The number of hydrogen-bond donors (Lipinski definition) is 1. The van der Waals surface area contributed by atoms with Crippen LogP contribution in [0.3, 0.4) is 0 Å². The van der Waals surface area contributed by atoms with Crippen molar-refractivity contribution in [3.8, 4) is 0 Å². The third-order valence-electron chi connectivity index (χ3n) is 2.80. The standard InChI is InChI=1S/C12H26N2O/c1-2-11-15-12-7-13-6-5-10-14-8-3-4-9-14/h13H,2-12H2,1H3. The molecular formula is C12H26N2O. The maximum absolute atomic E-state index is 5.39. The van der Waals surface area contributed by atoms with Crippen LogP contribution in [0, 0.1) is 0 Å². The molecule has 0 bridgehead atoms. The number of nitrogens with one attached hydrogen (secondary N) is 1. The lowest BCUT2D eigenvalue weighted by atomic mass is 10.4. The first kappa shape index (κ1) is 12.9. The molecule has 1 fully saturated rings. The van der Waals surface area contributed by atoms with Crippen LogP contribution in [0.5, 0.6) is 0 Å². The molecule has 0 radical (unpaired) electrons. The van der Waals surface area contributed by atoms with E-state index in [9.17, 15) is 0 Å². The molecule has 0 atom stereocenters. The second-order valence-corrected chi connectivity index (χ2v) is 4.26. The van der Waals surface area contributed by atoms with Gasteiger partial charge in [0.15, 0.2) is 0 Å². The Balaban J connectivity index is 1.73. The number of ether oxygens (including phenoxy) is 1. The van der Waals surface area contributed by atoms with Gasteiger partial charge in [-0.05, 0) is 51.9 Å². The van der Waals surface area contributed by atoms with Crippen molar-refractivity contribution in [3.05, 3.63) is 0 Å². The fourth-order valence-corrected chi connectivity index (χ4v) is 1.95. The lowest BCUT2D eigenvalue weighted by Gasteiger charge is -2.14. The Hall–Kier alpha value is -0.120. The van der Waals surface area contributed by atoms with Crippen molar-refractivity contribution < 1.29 is 4.74 Å². The van der Waals surface area contributed by atoms with Gasteiger partial charge in [0.1, 0.15) is 0 Å². The van der Waals surface area contributed by atoms with Crippen LogP contribution >= 0.6 is 0 Å². The lowest BCUT2D eigenvalue weighted by Crippen LogP contribution is -2.26. The number of rotatable bonds is 9. The monoisotopic (exact) mass is 214 g/mol. The second-order valence-electron chi connectivity index (χ2n) is 4.26. The Morgan fingerprint density at radius 1 is 1.13 bits per heavy atom. The molecule has 3 nitrogen and oxygen atoms in total. The molecule has 0 aromatic heterocycles. The maximum atomic E-state index is 5.39. The van der Waals surface area contributed by atoms with E-state index in [1.54, 1.807) is 0 Å². The highest BCUT2D eigenvalue weighted by atomic mass is 16.5. The van der Waals surface area contributed by atoms with Crippen LogP contribution in [0.2, 0.25) is 0 Å². The summed E-state index contributed by atoms with van der Waals surface area (Å²) in [6.45, 7) is 9.94. The lowest BCUT2D eigenvalue weighted by molar-refractivity contribution is 0.136. The topological polar surface area (TPSA) is 24.5 Å². The molecule has 1 saturated heterocycles. The fraction of sp³-hybridized carbons (Fsp3) is 1.00. The molecule has 1 aliphatic rings. The summed E-state index contributed by atoms with van der Waals surface area (Å²) in [4.78, 5) is 2.56. The smallest absolute Gasteiger partial charge is 0.0590 e. The van der Waals surface area contributed by atoms with Gasteiger partial charge in [-0.15, -0.1) is 0 Å². The van der Waals surface area contributed by atoms with Crippen LogP contribution in [-0.2, 0) is 4.74 Å². The van der Waals surface area contributed by atoms with Crippen LogP contribution in [-0.4, -0.2) is 50.8 Å². The minimum Gasteiger partial charge on any atom is -0.380 e. The predicted molar refractivity (Wildman–Crippen MR) is 64.3 cm³/mol. The summed E-state index contributed by atoms with van der Waals surface area (Å²) in [7, 11) is 0. The first-order valence-corrected chi connectivity index (χ1v) is 6.44. The summed E-state index contributed by atoms with van der Waals surface area (Å²) in [6.07, 6.45) is 5.19. The van der Waals surface area contributed by atoms with Gasteiger partial charge in [0.05, 0.1) is 6.61 Å². The Kier molecular flexibility index (Phi) is 7.88. The van der Waals surface area contributed by atoms with Crippen LogP contribution in [0.25, 0.3) is 0 Å². The molecule has 0 unspecified atom stereocenters. The van der Waals surface area contributed by atoms with Gasteiger partial charge in [-0.25, -0.2) is 0 Å². The molecule has 1 N–H and O–H groups in total. The van der Waals surface area contributed by atoms with Crippen molar-refractivity contribution in [1.29, 1.82) is 0 Å². The van der Waals surface area contributed by atoms with Gasteiger partial charge in [0.25, 0.3) is 0 Å². The van der Waals surface area contributed by atoms with Gasteiger partial charge < -0.3 is 15.0 Å². The molecule has 1 heterocycles. The summed E-state index contributed by atoms with van der Waals surface area (Å²) in [5.74, 6) is 0. The van der Waals surface area contributed by atoms with Crippen LogP contribution in [0.15, 0.2) is 0 Å². The number of nitrogens with zero attached hydrogens (tertiary/aromatic N) is 1. The van der Waals surface area contributed by atoms with Gasteiger partial charge in [-0.2, -0.15) is 0 Å². The number of likely N-dealkylation sites (tertiary alicyclic amines) is 1. The van der Waals surface area contributed by atoms with Gasteiger partial charge in [-0.3, -0.25) is 0 Å². The van der Waals surface area contributed by atoms with E-state index in [4.69, 9.17) is 4.74 Å². The zero-order valence-electron chi connectivity index (χ0n) is 10.1. The van der Waals surface area contributed by atoms with Gasteiger partial charge >= 0.3 is 0 Å². The molecule has 0 aliphatic carbocycles. The minimum absolute atomic E-state index is 0.859. The van der Waals surface area contributed by atoms with Crippen molar-refractivity contribution in [2.75, 3.05) is 45.9 Å². The molecule has 0 saturated carbocycles. The zero-order chi connectivity index (χ0) is 10.8.